The SMILES string of the molecule is [O-][N+]1=CNCC1. The molecule has 1 N–H and O–H groups in total. The maximum atomic E-state index is 10.0. The van der Waals surface area contributed by atoms with Crippen molar-refractivity contribution in [2.45, 2.75) is 0 Å². The summed E-state index contributed by atoms with van der Waals surface area (Å²) in [5.74, 6) is 0. The first-order valence-electron chi connectivity index (χ1n) is 1.90. The van der Waals surface area contributed by atoms with Crippen LogP contribution in [0.15, 0.2) is 0 Å². The van der Waals surface area contributed by atoms with E-state index >= 15 is 0 Å². The van der Waals surface area contributed by atoms with E-state index in [0.717, 1.165) is 11.3 Å². The molecule has 0 aromatic rings. The van der Waals surface area contributed by atoms with Crippen molar-refractivity contribution < 1.29 is 4.74 Å². The van der Waals surface area contributed by atoms with Crippen LogP contribution in [0.4, 0.5) is 0 Å². The third kappa shape index (κ3) is 0.429. The highest BCUT2D eigenvalue weighted by molar-refractivity contribution is 5.49. The topological polar surface area (TPSA) is 38.1 Å². The zero-order valence-electron chi connectivity index (χ0n) is 3.35. The normalized spacial score (nSPS) is 19.7. The maximum Gasteiger partial charge on any atom is 0.235 e. The second-order valence-corrected chi connectivity index (χ2v) is 1.22. The summed E-state index contributed by atoms with van der Waals surface area (Å²) < 4.78 is 0.875. The lowest BCUT2D eigenvalue weighted by Gasteiger charge is -1.94. The first-order valence-corrected chi connectivity index (χ1v) is 1.90. The first-order chi connectivity index (χ1) is 2.89. The van der Waals surface area contributed by atoms with Gasteiger partial charge in [-0.25, -0.2) is 0 Å². The van der Waals surface area contributed by atoms with Gasteiger partial charge in [-0.15, -0.1) is 0 Å². The van der Waals surface area contributed by atoms with Crippen LogP contribution in [-0.4, -0.2) is 24.2 Å². The van der Waals surface area contributed by atoms with Crippen LogP contribution >= 0.6 is 0 Å². The average Bonchev–Trinajstić information content (AvgIpc) is 1.86. The Hall–Kier alpha value is -0.730. The minimum absolute atomic E-state index is 0.597. The second kappa shape index (κ2) is 1.16. The van der Waals surface area contributed by atoms with Crippen LogP contribution in [0.5, 0.6) is 0 Å². The van der Waals surface area contributed by atoms with E-state index < -0.39 is 0 Å². The molecule has 0 radical (unpaired) electrons. The van der Waals surface area contributed by atoms with Crippen LogP contribution in [0, 0.1) is 5.21 Å². The predicted octanol–water partition coefficient (Wildman–Crippen LogP) is -0.872. The molecule has 1 aliphatic heterocycles. The summed E-state index contributed by atoms with van der Waals surface area (Å²) in [5, 5.41) is 12.8. The molecule has 3 nitrogen and oxygen atoms in total. The molecular weight excluding hydrogens is 80.0 g/mol. The smallest absolute Gasteiger partial charge is 0.235 e. The predicted molar refractivity (Wildman–Crippen MR) is 22.6 cm³/mol. The quantitative estimate of drug-likeness (QED) is 0.307. The fourth-order valence-electron chi connectivity index (χ4n) is 0.406. The molecular formula is C3H6N2O. The Balaban J connectivity index is 2.45. The van der Waals surface area contributed by atoms with Gasteiger partial charge in [-0.2, -0.15) is 0 Å². The van der Waals surface area contributed by atoms with Gasteiger partial charge in [0.15, 0.2) is 0 Å². The third-order valence-electron chi connectivity index (χ3n) is 0.712. The van der Waals surface area contributed by atoms with Crippen LogP contribution in [0.25, 0.3) is 0 Å². The highest BCUT2D eigenvalue weighted by atomic mass is 16.5. The van der Waals surface area contributed by atoms with Crippen molar-refractivity contribution in [1.29, 1.82) is 0 Å². The van der Waals surface area contributed by atoms with Gasteiger partial charge in [0.1, 0.15) is 13.1 Å². The first kappa shape index (κ1) is 3.46. The molecule has 0 saturated heterocycles. The van der Waals surface area contributed by atoms with Gasteiger partial charge in [0.2, 0.25) is 6.34 Å². The van der Waals surface area contributed by atoms with E-state index in [1.165, 1.54) is 6.34 Å². The van der Waals surface area contributed by atoms with Crippen LogP contribution in [0.2, 0.25) is 0 Å². The number of rotatable bonds is 0. The van der Waals surface area contributed by atoms with E-state index in [1.807, 2.05) is 0 Å². The summed E-state index contributed by atoms with van der Waals surface area (Å²) in [4.78, 5) is 0. The van der Waals surface area contributed by atoms with Gasteiger partial charge in [-0.05, 0) is 0 Å². The number of nitrogens with zero attached hydrogens (tertiary/aromatic N) is 1. The van der Waals surface area contributed by atoms with E-state index in [1.54, 1.807) is 0 Å². The highest BCUT2D eigenvalue weighted by Gasteiger charge is 1.96. The Morgan fingerprint density at radius 3 is 2.83 bits per heavy atom. The summed E-state index contributed by atoms with van der Waals surface area (Å²) in [6.45, 7) is 1.39. The molecule has 0 aliphatic carbocycles. The van der Waals surface area contributed by atoms with Crippen LogP contribution in [-0.2, 0) is 0 Å². The average molecular weight is 86.1 g/mol. The van der Waals surface area contributed by atoms with E-state index in [-0.39, 0.29) is 0 Å². The Morgan fingerprint density at radius 1 is 1.83 bits per heavy atom. The summed E-state index contributed by atoms with van der Waals surface area (Å²) in [5.41, 5.74) is 0. The molecule has 0 spiro atoms. The minimum atomic E-state index is 0.597. The van der Waals surface area contributed by atoms with Gasteiger partial charge < -0.3 is 5.21 Å². The van der Waals surface area contributed by atoms with Crippen molar-refractivity contribution in [3.8, 4) is 0 Å². The van der Waals surface area contributed by atoms with Gasteiger partial charge in [0.05, 0.1) is 0 Å². The lowest BCUT2D eigenvalue weighted by atomic mass is 10.7. The molecule has 34 valence electrons. The van der Waals surface area contributed by atoms with Crippen LogP contribution < -0.4 is 5.32 Å². The van der Waals surface area contributed by atoms with Crippen molar-refractivity contribution in [2.24, 2.45) is 0 Å². The minimum Gasteiger partial charge on any atom is -0.715 e. The summed E-state index contributed by atoms with van der Waals surface area (Å²) in [7, 11) is 0. The van der Waals surface area contributed by atoms with E-state index in [9.17, 15) is 5.21 Å². The molecule has 1 heterocycles. The Morgan fingerprint density at radius 2 is 2.67 bits per heavy atom. The van der Waals surface area contributed by atoms with Gasteiger partial charge in [0, 0.05) is 0 Å². The highest BCUT2D eigenvalue weighted by Crippen LogP contribution is 1.70. The molecule has 3 heteroatoms. The summed E-state index contributed by atoms with van der Waals surface area (Å²) in [6.07, 6.45) is 1.43. The molecule has 0 bridgehead atoms. The number of hydroxylamine groups is 1. The molecule has 0 atom stereocenters. The van der Waals surface area contributed by atoms with Crippen molar-refractivity contribution in [1.82, 2.24) is 5.32 Å². The number of hydrogen-bond donors (Lipinski definition) is 1. The number of nitrogens with one attached hydrogen (secondary N) is 1. The molecule has 0 aromatic heterocycles. The monoisotopic (exact) mass is 86.0 g/mol. The fourth-order valence-corrected chi connectivity index (χ4v) is 0.406. The van der Waals surface area contributed by atoms with Crippen molar-refractivity contribution in [2.75, 3.05) is 13.1 Å². The van der Waals surface area contributed by atoms with Gasteiger partial charge in [-0.3, -0.25) is 10.1 Å². The molecule has 1 aliphatic rings. The Bertz CT molecular complexity index is 78.9. The summed E-state index contributed by atoms with van der Waals surface area (Å²) >= 11 is 0. The van der Waals surface area contributed by atoms with Crippen molar-refractivity contribution in [3.05, 3.63) is 5.21 Å². The van der Waals surface area contributed by atoms with E-state index in [2.05, 4.69) is 5.32 Å². The lowest BCUT2D eigenvalue weighted by molar-refractivity contribution is -0.441. The molecule has 6 heavy (non-hydrogen) atoms. The third-order valence-corrected chi connectivity index (χ3v) is 0.712. The van der Waals surface area contributed by atoms with Crippen LogP contribution in [0.3, 0.4) is 0 Å². The fraction of sp³-hybridized carbons (Fsp3) is 0.667. The van der Waals surface area contributed by atoms with Gasteiger partial charge >= 0.3 is 0 Å². The zero-order valence-corrected chi connectivity index (χ0v) is 3.35. The van der Waals surface area contributed by atoms with Gasteiger partial charge in [0.25, 0.3) is 0 Å². The van der Waals surface area contributed by atoms with E-state index in [0.29, 0.717) is 6.54 Å². The molecule has 0 unspecified atom stereocenters. The van der Waals surface area contributed by atoms with E-state index in [4.69, 9.17) is 0 Å². The van der Waals surface area contributed by atoms with Crippen molar-refractivity contribution in [3.63, 3.8) is 0 Å². The Kier molecular flexibility index (Phi) is 0.670. The standard InChI is InChI=1S/C3H6N2O/c6-5-2-1-4-3-5/h3-4H,1-2H2. The Labute approximate surface area is 35.9 Å². The van der Waals surface area contributed by atoms with Gasteiger partial charge in [-0.1, -0.05) is 0 Å². The molecule has 0 saturated carbocycles. The largest absolute Gasteiger partial charge is 0.715 e. The molecule has 1 rings (SSSR count). The molecule has 0 amide bonds. The summed E-state index contributed by atoms with van der Waals surface area (Å²) in [6, 6.07) is 0. The zero-order chi connectivity index (χ0) is 4.41. The number of hydrogen-bond acceptors (Lipinski definition) is 2. The maximum absolute atomic E-state index is 10.0. The van der Waals surface area contributed by atoms with Crippen LogP contribution in [0.1, 0.15) is 0 Å². The molecule has 0 fully saturated rings. The molecule has 0 aromatic carbocycles. The lowest BCUT2D eigenvalue weighted by Crippen LogP contribution is -2.05. The second-order valence-electron chi connectivity index (χ2n) is 1.22. The van der Waals surface area contributed by atoms with Crippen molar-refractivity contribution >= 4 is 6.34 Å².